The van der Waals surface area contributed by atoms with Crippen LogP contribution >= 0.6 is 0 Å². The number of halogens is 1. The molecule has 3 aromatic rings. The van der Waals surface area contributed by atoms with Gasteiger partial charge in [0, 0.05) is 25.2 Å². The van der Waals surface area contributed by atoms with E-state index < -0.39 is 0 Å². The van der Waals surface area contributed by atoms with Crippen LogP contribution in [0.25, 0.3) is 0 Å². The molecule has 36 heavy (non-hydrogen) atoms. The molecule has 0 atom stereocenters. The topological polar surface area (TPSA) is 69.3 Å². The molecule has 1 amide bonds. The minimum Gasteiger partial charge on any atom is -0.492 e. The number of morpholine rings is 1. The summed E-state index contributed by atoms with van der Waals surface area (Å²) < 4.78 is 36.4. The number of nitrogens with one attached hydrogen (secondary N) is 1. The van der Waals surface area contributed by atoms with E-state index in [1.165, 1.54) is 12.1 Å². The van der Waals surface area contributed by atoms with Gasteiger partial charge in [0.15, 0.2) is 0 Å². The maximum atomic E-state index is 13.3. The van der Waals surface area contributed by atoms with Crippen LogP contribution in [0.3, 0.4) is 0 Å². The normalized spacial score (nSPS) is 13.2. The van der Waals surface area contributed by atoms with Crippen molar-refractivity contribution in [3.05, 3.63) is 77.6 Å². The maximum Gasteiger partial charge on any atom is 0.259 e. The van der Waals surface area contributed by atoms with Gasteiger partial charge in [0.1, 0.15) is 29.7 Å². The summed E-state index contributed by atoms with van der Waals surface area (Å²) >= 11 is 0. The van der Waals surface area contributed by atoms with E-state index in [1.807, 2.05) is 19.9 Å². The molecule has 0 aliphatic carbocycles. The van der Waals surface area contributed by atoms with Crippen molar-refractivity contribution in [1.29, 1.82) is 0 Å². The molecule has 190 valence electrons. The van der Waals surface area contributed by atoms with Crippen LogP contribution in [0.2, 0.25) is 0 Å². The summed E-state index contributed by atoms with van der Waals surface area (Å²) in [5.74, 6) is 0.994. The lowest BCUT2D eigenvalue weighted by atomic mass is 10.1. The van der Waals surface area contributed by atoms with Crippen molar-refractivity contribution in [2.75, 3.05) is 49.7 Å². The second-order valence-electron chi connectivity index (χ2n) is 8.15. The van der Waals surface area contributed by atoms with Gasteiger partial charge in [-0.3, -0.25) is 4.79 Å². The number of benzene rings is 3. The van der Waals surface area contributed by atoms with E-state index in [9.17, 15) is 9.18 Å². The Morgan fingerprint density at radius 3 is 2.33 bits per heavy atom. The largest absolute Gasteiger partial charge is 0.492 e. The Morgan fingerprint density at radius 1 is 0.917 bits per heavy atom. The number of carbonyl (C=O) groups excluding carboxylic acids is 1. The summed E-state index contributed by atoms with van der Waals surface area (Å²) in [5.41, 5.74) is 2.59. The first-order valence-corrected chi connectivity index (χ1v) is 12.1. The lowest BCUT2D eigenvalue weighted by Crippen LogP contribution is -2.36. The molecule has 0 aromatic heterocycles. The van der Waals surface area contributed by atoms with Crippen LogP contribution in [0.1, 0.15) is 29.8 Å². The lowest BCUT2D eigenvalue weighted by Gasteiger charge is -2.31. The molecule has 7 nitrogen and oxygen atoms in total. The maximum absolute atomic E-state index is 13.3. The zero-order valence-electron chi connectivity index (χ0n) is 20.6. The third-order valence-corrected chi connectivity index (χ3v) is 5.70. The minimum atomic E-state index is -0.341. The zero-order chi connectivity index (χ0) is 25.3. The molecule has 0 bridgehead atoms. The standard InChI is InChI=1S/C28H31FN2O5/c1-3-34-26-18-24(31-13-15-33-16-14-31)27(35-4-2)17-23(26)30-28(32)22-7-5-6-8-25(22)36-19-20-9-11-21(29)12-10-20/h5-12,17-18H,3-4,13-16,19H2,1-2H3,(H,30,32). The highest BCUT2D eigenvalue weighted by Gasteiger charge is 2.21. The Morgan fingerprint density at radius 2 is 1.61 bits per heavy atom. The molecular formula is C28H31FN2O5. The number of nitrogens with zero attached hydrogens (tertiary/aromatic N) is 1. The summed E-state index contributed by atoms with van der Waals surface area (Å²) in [6.45, 7) is 7.73. The van der Waals surface area contributed by atoms with E-state index in [1.54, 1.807) is 42.5 Å². The van der Waals surface area contributed by atoms with E-state index in [0.717, 1.165) is 24.3 Å². The number of ether oxygens (including phenoxy) is 4. The Labute approximate surface area is 210 Å². The number of hydrogen-bond donors (Lipinski definition) is 1. The third-order valence-electron chi connectivity index (χ3n) is 5.70. The highest BCUT2D eigenvalue weighted by molar-refractivity contribution is 6.07. The van der Waals surface area contributed by atoms with Gasteiger partial charge in [-0.1, -0.05) is 24.3 Å². The van der Waals surface area contributed by atoms with Crippen LogP contribution in [-0.4, -0.2) is 45.4 Å². The number of hydrogen-bond acceptors (Lipinski definition) is 6. The van der Waals surface area contributed by atoms with Crippen LogP contribution < -0.4 is 24.4 Å². The molecule has 1 heterocycles. The molecule has 1 aliphatic rings. The van der Waals surface area contributed by atoms with Crippen molar-refractivity contribution in [2.24, 2.45) is 0 Å². The molecule has 1 N–H and O–H groups in total. The second-order valence-corrected chi connectivity index (χ2v) is 8.15. The van der Waals surface area contributed by atoms with Crippen molar-refractivity contribution >= 4 is 17.3 Å². The predicted molar refractivity (Wildman–Crippen MR) is 137 cm³/mol. The molecule has 0 radical (unpaired) electrons. The fraction of sp³-hybridized carbons (Fsp3) is 0.321. The number of amides is 1. The number of anilines is 2. The van der Waals surface area contributed by atoms with E-state index in [0.29, 0.717) is 54.9 Å². The molecular weight excluding hydrogens is 463 g/mol. The third kappa shape index (κ3) is 6.26. The van der Waals surface area contributed by atoms with Gasteiger partial charge in [-0.25, -0.2) is 4.39 Å². The van der Waals surface area contributed by atoms with Crippen molar-refractivity contribution in [3.8, 4) is 17.2 Å². The Bertz CT molecular complexity index is 1160. The summed E-state index contributed by atoms with van der Waals surface area (Å²) in [6, 6.07) is 16.8. The second kappa shape index (κ2) is 12.3. The number of carbonyl (C=O) groups is 1. The summed E-state index contributed by atoms with van der Waals surface area (Å²) in [4.78, 5) is 15.5. The fourth-order valence-electron chi connectivity index (χ4n) is 3.96. The first-order chi connectivity index (χ1) is 17.6. The molecule has 0 saturated carbocycles. The lowest BCUT2D eigenvalue weighted by molar-refractivity contribution is 0.102. The van der Waals surface area contributed by atoms with Crippen LogP contribution in [0, 0.1) is 5.82 Å². The van der Waals surface area contributed by atoms with Crippen molar-refractivity contribution < 1.29 is 28.1 Å². The van der Waals surface area contributed by atoms with Crippen LogP contribution in [-0.2, 0) is 11.3 Å². The molecule has 3 aromatic carbocycles. The van der Waals surface area contributed by atoms with Gasteiger partial charge >= 0.3 is 0 Å². The Balaban J connectivity index is 1.58. The van der Waals surface area contributed by atoms with Crippen LogP contribution in [0.15, 0.2) is 60.7 Å². The van der Waals surface area contributed by atoms with Crippen LogP contribution in [0.4, 0.5) is 15.8 Å². The van der Waals surface area contributed by atoms with Gasteiger partial charge in [0.2, 0.25) is 0 Å². The average Bonchev–Trinajstić information content (AvgIpc) is 2.90. The number of para-hydroxylation sites is 1. The van der Waals surface area contributed by atoms with E-state index in [2.05, 4.69) is 10.2 Å². The first kappa shape index (κ1) is 25.3. The van der Waals surface area contributed by atoms with Gasteiger partial charge in [-0.2, -0.15) is 0 Å². The predicted octanol–water partition coefficient (Wildman–Crippen LogP) is 5.29. The highest BCUT2D eigenvalue weighted by Crippen LogP contribution is 2.39. The summed E-state index contributed by atoms with van der Waals surface area (Å²) in [6.07, 6.45) is 0. The van der Waals surface area contributed by atoms with Gasteiger partial charge in [0.05, 0.1) is 43.4 Å². The van der Waals surface area contributed by atoms with Crippen molar-refractivity contribution in [3.63, 3.8) is 0 Å². The van der Waals surface area contributed by atoms with Gasteiger partial charge in [-0.15, -0.1) is 0 Å². The molecule has 0 spiro atoms. The van der Waals surface area contributed by atoms with Gasteiger partial charge < -0.3 is 29.2 Å². The molecule has 4 rings (SSSR count). The van der Waals surface area contributed by atoms with Gasteiger partial charge in [0.25, 0.3) is 5.91 Å². The van der Waals surface area contributed by atoms with Crippen LogP contribution in [0.5, 0.6) is 17.2 Å². The smallest absolute Gasteiger partial charge is 0.259 e. The molecule has 1 fully saturated rings. The zero-order valence-corrected chi connectivity index (χ0v) is 20.6. The molecule has 1 saturated heterocycles. The Hall–Kier alpha value is -3.78. The van der Waals surface area contributed by atoms with E-state index in [-0.39, 0.29) is 18.3 Å². The van der Waals surface area contributed by atoms with Gasteiger partial charge in [-0.05, 0) is 43.7 Å². The SMILES string of the molecule is CCOc1cc(N2CCOCC2)c(OCC)cc1NC(=O)c1ccccc1OCc1ccc(F)cc1. The highest BCUT2D eigenvalue weighted by atomic mass is 19.1. The monoisotopic (exact) mass is 494 g/mol. The molecule has 8 heteroatoms. The quantitative estimate of drug-likeness (QED) is 0.413. The summed E-state index contributed by atoms with van der Waals surface area (Å²) in [7, 11) is 0. The number of rotatable bonds is 10. The first-order valence-electron chi connectivity index (χ1n) is 12.1. The van der Waals surface area contributed by atoms with Crippen molar-refractivity contribution in [2.45, 2.75) is 20.5 Å². The average molecular weight is 495 g/mol. The van der Waals surface area contributed by atoms with Crippen molar-refractivity contribution in [1.82, 2.24) is 0 Å². The fourth-order valence-corrected chi connectivity index (χ4v) is 3.96. The molecule has 0 unspecified atom stereocenters. The molecule has 1 aliphatic heterocycles. The Kier molecular flexibility index (Phi) is 8.62. The summed E-state index contributed by atoms with van der Waals surface area (Å²) in [5, 5.41) is 2.97. The van der Waals surface area contributed by atoms with E-state index >= 15 is 0 Å². The van der Waals surface area contributed by atoms with E-state index in [4.69, 9.17) is 18.9 Å². The minimum absolute atomic E-state index is 0.206.